The molecule has 0 saturated heterocycles. The molecule has 2 aromatic rings. The quantitative estimate of drug-likeness (QED) is 0.751. The molecule has 24 heavy (non-hydrogen) atoms. The number of rotatable bonds is 7. The first-order chi connectivity index (χ1) is 11.5. The summed E-state index contributed by atoms with van der Waals surface area (Å²) in [5.74, 6) is -1.29. The largest absolute Gasteiger partial charge is 0.481 e. The van der Waals surface area contributed by atoms with Crippen molar-refractivity contribution < 1.29 is 9.90 Å². The first kappa shape index (κ1) is 18.3. The highest BCUT2D eigenvalue weighted by atomic mass is 35.5. The number of carboxylic acids is 1. The second kappa shape index (κ2) is 8.71. The smallest absolute Gasteiger partial charge is 0.306 e. The Morgan fingerprint density at radius 3 is 2.83 bits per heavy atom. The van der Waals surface area contributed by atoms with Crippen molar-refractivity contribution in [2.45, 2.75) is 19.9 Å². The number of carbonyl (C=O) groups is 1. The second-order valence-electron chi connectivity index (χ2n) is 5.42. The molecule has 1 aromatic carbocycles. The van der Waals surface area contributed by atoms with Gasteiger partial charge in [-0.2, -0.15) is 0 Å². The molecule has 0 aliphatic heterocycles. The fraction of sp³-hybridized carbons (Fsp3) is 0.222. The summed E-state index contributed by atoms with van der Waals surface area (Å²) in [6.07, 6.45) is 5.70. The van der Waals surface area contributed by atoms with Crippen molar-refractivity contribution >= 4 is 34.9 Å². The van der Waals surface area contributed by atoms with Gasteiger partial charge in [-0.05, 0) is 42.3 Å². The van der Waals surface area contributed by atoms with Crippen LogP contribution in [0.3, 0.4) is 0 Å². The van der Waals surface area contributed by atoms with Gasteiger partial charge in [0.05, 0.1) is 5.92 Å². The third-order valence-electron chi connectivity index (χ3n) is 3.55. The molecule has 2 rings (SSSR count). The molecule has 1 atom stereocenters. The molecule has 1 unspecified atom stereocenters. The lowest BCUT2D eigenvalue weighted by molar-refractivity contribution is -0.140. The molecule has 0 bridgehead atoms. The average molecular weight is 365 g/mol. The highest BCUT2D eigenvalue weighted by Gasteiger charge is 2.11. The zero-order valence-electron chi connectivity index (χ0n) is 13.2. The maximum Gasteiger partial charge on any atom is 0.306 e. The van der Waals surface area contributed by atoms with Gasteiger partial charge < -0.3 is 10.4 Å². The Balaban J connectivity index is 2.18. The van der Waals surface area contributed by atoms with E-state index in [0.717, 1.165) is 16.8 Å². The zero-order valence-corrected chi connectivity index (χ0v) is 14.7. The highest BCUT2D eigenvalue weighted by molar-refractivity contribution is 6.33. The molecular weight excluding hydrogens is 347 g/mol. The fourth-order valence-corrected chi connectivity index (χ4v) is 2.46. The third kappa shape index (κ3) is 5.25. The van der Waals surface area contributed by atoms with Crippen molar-refractivity contribution in [1.29, 1.82) is 0 Å². The maximum absolute atomic E-state index is 11.0. The molecule has 2 N–H and O–H groups in total. The molecule has 0 amide bonds. The van der Waals surface area contributed by atoms with Crippen LogP contribution in [-0.4, -0.2) is 16.1 Å². The Morgan fingerprint density at radius 1 is 1.38 bits per heavy atom. The molecule has 1 aromatic heterocycles. The highest BCUT2D eigenvalue weighted by Crippen LogP contribution is 2.22. The van der Waals surface area contributed by atoms with E-state index in [1.807, 2.05) is 18.2 Å². The van der Waals surface area contributed by atoms with E-state index in [1.165, 1.54) is 0 Å². The SMILES string of the molecule is CC(C/C=C(\NCc1cc(Cl)ccc1Cl)c1cccnc1)C(=O)O. The molecule has 1 heterocycles. The van der Waals surface area contributed by atoms with Crippen molar-refractivity contribution in [1.82, 2.24) is 10.3 Å². The number of benzene rings is 1. The van der Waals surface area contributed by atoms with Gasteiger partial charge in [0.1, 0.15) is 0 Å². The number of nitrogens with zero attached hydrogens (tertiary/aromatic N) is 1. The Hall–Kier alpha value is -2.04. The van der Waals surface area contributed by atoms with E-state index >= 15 is 0 Å². The Morgan fingerprint density at radius 2 is 2.17 bits per heavy atom. The molecule has 0 radical (unpaired) electrons. The molecule has 0 spiro atoms. The number of hydrogen-bond donors (Lipinski definition) is 2. The summed E-state index contributed by atoms with van der Waals surface area (Å²) in [7, 11) is 0. The monoisotopic (exact) mass is 364 g/mol. The van der Waals surface area contributed by atoms with Crippen LogP contribution < -0.4 is 5.32 Å². The van der Waals surface area contributed by atoms with E-state index in [-0.39, 0.29) is 0 Å². The van der Waals surface area contributed by atoms with Gasteiger partial charge in [-0.25, -0.2) is 0 Å². The van der Waals surface area contributed by atoms with E-state index in [9.17, 15) is 4.79 Å². The van der Waals surface area contributed by atoms with Crippen LogP contribution in [-0.2, 0) is 11.3 Å². The third-order valence-corrected chi connectivity index (χ3v) is 4.15. The van der Waals surface area contributed by atoms with E-state index in [0.29, 0.717) is 23.0 Å². The van der Waals surface area contributed by atoms with E-state index < -0.39 is 11.9 Å². The molecule has 0 fully saturated rings. The summed E-state index contributed by atoms with van der Waals surface area (Å²) in [5, 5.41) is 13.6. The molecule has 4 nitrogen and oxygen atoms in total. The topological polar surface area (TPSA) is 62.2 Å². The first-order valence-corrected chi connectivity index (χ1v) is 8.24. The van der Waals surface area contributed by atoms with Crippen LogP contribution in [0.4, 0.5) is 0 Å². The predicted molar refractivity (Wildman–Crippen MR) is 96.9 cm³/mol. The van der Waals surface area contributed by atoms with Crippen LogP contribution in [0.25, 0.3) is 5.70 Å². The van der Waals surface area contributed by atoms with E-state index in [4.69, 9.17) is 28.3 Å². The summed E-state index contributed by atoms with van der Waals surface area (Å²) in [6, 6.07) is 9.03. The summed E-state index contributed by atoms with van der Waals surface area (Å²) in [6.45, 7) is 2.15. The number of hydrogen-bond acceptors (Lipinski definition) is 3. The molecular formula is C18H18Cl2N2O2. The van der Waals surface area contributed by atoms with Crippen LogP contribution in [0, 0.1) is 5.92 Å². The molecule has 0 aliphatic carbocycles. The van der Waals surface area contributed by atoms with Crippen molar-refractivity contribution in [3.05, 3.63) is 70.0 Å². The lowest BCUT2D eigenvalue weighted by Crippen LogP contribution is -2.14. The Labute approximate surface area is 151 Å². The molecule has 6 heteroatoms. The normalized spacial score (nSPS) is 12.7. The Kier molecular flexibility index (Phi) is 6.64. The van der Waals surface area contributed by atoms with E-state index in [2.05, 4.69) is 10.3 Å². The minimum Gasteiger partial charge on any atom is -0.481 e. The minimum absolute atomic E-state index is 0.413. The van der Waals surface area contributed by atoms with Crippen molar-refractivity contribution in [2.24, 2.45) is 5.92 Å². The number of halogens is 2. The van der Waals surface area contributed by atoms with Gasteiger partial charge in [-0.15, -0.1) is 0 Å². The average Bonchev–Trinajstić information content (AvgIpc) is 2.58. The van der Waals surface area contributed by atoms with Gasteiger partial charge in [0, 0.05) is 40.2 Å². The standard InChI is InChI=1S/C18H18Cl2N2O2/c1-12(18(23)24)4-7-17(13-3-2-8-21-10-13)22-11-14-9-15(19)5-6-16(14)20/h2-3,5-10,12,22H,4,11H2,1H3,(H,23,24)/b17-7-. The number of pyridine rings is 1. The van der Waals surface area contributed by atoms with Gasteiger partial charge >= 0.3 is 5.97 Å². The van der Waals surface area contributed by atoms with Crippen LogP contribution in [0.15, 0.2) is 48.8 Å². The van der Waals surface area contributed by atoms with Crippen LogP contribution in [0.5, 0.6) is 0 Å². The maximum atomic E-state index is 11.0. The number of aliphatic carboxylic acids is 1. The molecule has 0 saturated carbocycles. The van der Waals surface area contributed by atoms with Gasteiger partial charge in [-0.3, -0.25) is 9.78 Å². The zero-order chi connectivity index (χ0) is 17.5. The summed E-state index contributed by atoms with van der Waals surface area (Å²) in [4.78, 5) is 15.1. The van der Waals surface area contributed by atoms with E-state index in [1.54, 1.807) is 37.5 Å². The second-order valence-corrected chi connectivity index (χ2v) is 6.27. The lowest BCUT2D eigenvalue weighted by atomic mass is 10.1. The van der Waals surface area contributed by atoms with Gasteiger partial charge in [-0.1, -0.05) is 36.2 Å². The van der Waals surface area contributed by atoms with Crippen molar-refractivity contribution in [2.75, 3.05) is 0 Å². The number of allylic oxidation sites excluding steroid dienone is 1. The lowest BCUT2D eigenvalue weighted by Gasteiger charge is -2.13. The minimum atomic E-state index is -0.824. The fourth-order valence-electron chi connectivity index (χ4n) is 2.08. The number of nitrogens with one attached hydrogen (secondary N) is 1. The van der Waals surface area contributed by atoms with Gasteiger partial charge in [0.15, 0.2) is 0 Å². The summed E-state index contributed by atoms with van der Waals surface area (Å²) in [5.41, 5.74) is 2.56. The summed E-state index contributed by atoms with van der Waals surface area (Å²) >= 11 is 12.2. The van der Waals surface area contributed by atoms with Gasteiger partial charge in [0.2, 0.25) is 0 Å². The van der Waals surface area contributed by atoms with Crippen LogP contribution in [0.1, 0.15) is 24.5 Å². The van der Waals surface area contributed by atoms with Crippen LogP contribution in [0.2, 0.25) is 10.0 Å². The molecule has 126 valence electrons. The molecule has 0 aliphatic rings. The Bertz CT molecular complexity index is 733. The summed E-state index contributed by atoms with van der Waals surface area (Å²) < 4.78 is 0. The predicted octanol–water partition coefficient (Wildman–Crippen LogP) is 4.63. The van der Waals surface area contributed by atoms with Crippen molar-refractivity contribution in [3.8, 4) is 0 Å². The van der Waals surface area contributed by atoms with Gasteiger partial charge in [0.25, 0.3) is 0 Å². The number of aromatic nitrogens is 1. The first-order valence-electron chi connectivity index (χ1n) is 7.48. The van der Waals surface area contributed by atoms with Crippen molar-refractivity contribution in [3.63, 3.8) is 0 Å². The van der Waals surface area contributed by atoms with Crippen LogP contribution >= 0.6 is 23.2 Å². The number of carboxylic acid groups (broad SMARTS) is 1.